The van der Waals surface area contributed by atoms with Crippen LogP contribution in [0.1, 0.15) is 46.0 Å². The van der Waals surface area contributed by atoms with E-state index in [2.05, 4.69) is 19.2 Å². The molecule has 4 N–H and O–H groups in total. The summed E-state index contributed by atoms with van der Waals surface area (Å²) in [4.78, 5) is 11.0. The molecule has 0 bridgehead atoms. The van der Waals surface area contributed by atoms with Crippen LogP contribution in [0.4, 0.5) is 0 Å². The van der Waals surface area contributed by atoms with Gasteiger partial charge in [0.2, 0.25) is 5.91 Å². The minimum atomic E-state index is -0.155. The first kappa shape index (κ1) is 14.5. The molecule has 4 nitrogen and oxygen atoms in total. The molecule has 1 rings (SSSR count). The summed E-state index contributed by atoms with van der Waals surface area (Å²) in [5.41, 5.74) is 5.28. The number of aliphatic hydroxyl groups excluding tert-OH is 1. The molecule has 0 aromatic carbocycles. The van der Waals surface area contributed by atoms with Crippen molar-refractivity contribution in [2.45, 2.75) is 52.0 Å². The van der Waals surface area contributed by atoms with E-state index in [-0.39, 0.29) is 23.8 Å². The topological polar surface area (TPSA) is 75.3 Å². The highest BCUT2D eigenvalue weighted by atomic mass is 16.3. The standard InChI is InChI=1S/C13H26N2O2/c1-3-13(2,9-16)8-15-11-6-4-10(5-7-11)12(14)17/h10-11,15-16H,3-9H2,1-2H3,(H2,14,17). The molecule has 100 valence electrons. The minimum Gasteiger partial charge on any atom is -0.396 e. The summed E-state index contributed by atoms with van der Waals surface area (Å²) in [6.07, 6.45) is 4.79. The lowest BCUT2D eigenvalue weighted by Gasteiger charge is -2.32. The summed E-state index contributed by atoms with van der Waals surface area (Å²) < 4.78 is 0. The fraction of sp³-hybridized carbons (Fsp3) is 0.923. The zero-order valence-corrected chi connectivity index (χ0v) is 11.0. The van der Waals surface area contributed by atoms with Gasteiger partial charge in [-0.25, -0.2) is 0 Å². The van der Waals surface area contributed by atoms with Crippen molar-refractivity contribution in [1.29, 1.82) is 0 Å². The van der Waals surface area contributed by atoms with Gasteiger partial charge >= 0.3 is 0 Å². The average Bonchev–Trinajstić information content (AvgIpc) is 2.36. The largest absolute Gasteiger partial charge is 0.396 e. The second-order valence-corrected chi connectivity index (χ2v) is 5.65. The van der Waals surface area contributed by atoms with Gasteiger partial charge in [0.05, 0.1) is 0 Å². The summed E-state index contributed by atoms with van der Waals surface area (Å²) >= 11 is 0. The van der Waals surface area contributed by atoms with Gasteiger partial charge in [-0.15, -0.1) is 0 Å². The van der Waals surface area contributed by atoms with Crippen LogP contribution >= 0.6 is 0 Å². The van der Waals surface area contributed by atoms with Gasteiger partial charge < -0.3 is 16.2 Å². The number of rotatable bonds is 6. The number of carbonyl (C=O) groups excluding carboxylic acids is 1. The lowest BCUT2D eigenvalue weighted by Crippen LogP contribution is -2.42. The molecule has 0 spiro atoms. The highest BCUT2D eigenvalue weighted by Gasteiger charge is 2.27. The Morgan fingerprint density at radius 1 is 1.41 bits per heavy atom. The number of nitrogens with one attached hydrogen (secondary N) is 1. The monoisotopic (exact) mass is 242 g/mol. The molecule has 0 aromatic heterocycles. The molecule has 1 unspecified atom stereocenters. The van der Waals surface area contributed by atoms with E-state index in [0.29, 0.717) is 6.04 Å². The van der Waals surface area contributed by atoms with E-state index in [9.17, 15) is 9.90 Å². The van der Waals surface area contributed by atoms with Crippen LogP contribution in [0.5, 0.6) is 0 Å². The normalized spacial score (nSPS) is 28.6. The third kappa shape index (κ3) is 4.28. The number of aliphatic hydroxyl groups is 1. The third-order valence-electron chi connectivity index (χ3n) is 4.18. The van der Waals surface area contributed by atoms with E-state index in [0.717, 1.165) is 38.6 Å². The maximum absolute atomic E-state index is 11.0. The van der Waals surface area contributed by atoms with Crippen molar-refractivity contribution in [3.63, 3.8) is 0 Å². The molecule has 0 aromatic rings. The molecular formula is C13H26N2O2. The number of carbonyl (C=O) groups is 1. The number of hydrogen-bond acceptors (Lipinski definition) is 3. The van der Waals surface area contributed by atoms with Gasteiger partial charge in [-0.2, -0.15) is 0 Å². The van der Waals surface area contributed by atoms with E-state index >= 15 is 0 Å². The predicted molar refractivity (Wildman–Crippen MR) is 68.4 cm³/mol. The van der Waals surface area contributed by atoms with Crippen LogP contribution < -0.4 is 11.1 Å². The van der Waals surface area contributed by atoms with Crippen molar-refractivity contribution >= 4 is 5.91 Å². The van der Waals surface area contributed by atoms with Crippen molar-refractivity contribution in [2.24, 2.45) is 17.1 Å². The Hall–Kier alpha value is -0.610. The molecule has 0 radical (unpaired) electrons. The summed E-state index contributed by atoms with van der Waals surface area (Å²) in [5, 5.41) is 12.8. The molecule has 1 fully saturated rings. The smallest absolute Gasteiger partial charge is 0.220 e. The Balaban J connectivity index is 2.29. The first-order chi connectivity index (χ1) is 8.00. The quantitative estimate of drug-likeness (QED) is 0.651. The molecular weight excluding hydrogens is 216 g/mol. The van der Waals surface area contributed by atoms with Crippen LogP contribution in [-0.2, 0) is 4.79 Å². The van der Waals surface area contributed by atoms with Crippen LogP contribution in [0.15, 0.2) is 0 Å². The zero-order valence-electron chi connectivity index (χ0n) is 11.0. The van der Waals surface area contributed by atoms with Crippen molar-refractivity contribution in [3.8, 4) is 0 Å². The maximum atomic E-state index is 11.0. The van der Waals surface area contributed by atoms with E-state index in [1.54, 1.807) is 0 Å². The predicted octanol–water partition coefficient (Wildman–Crippen LogP) is 1.03. The average molecular weight is 242 g/mol. The molecule has 17 heavy (non-hydrogen) atoms. The van der Waals surface area contributed by atoms with Gasteiger partial charge in [0.1, 0.15) is 0 Å². The van der Waals surface area contributed by atoms with Gasteiger partial charge in [0, 0.05) is 30.5 Å². The van der Waals surface area contributed by atoms with Crippen molar-refractivity contribution in [2.75, 3.05) is 13.2 Å². The summed E-state index contributed by atoms with van der Waals surface area (Å²) in [5.74, 6) is -0.0827. The molecule has 1 amide bonds. The number of amides is 1. The van der Waals surface area contributed by atoms with E-state index < -0.39 is 0 Å². The SMILES string of the molecule is CCC(C)(CO)CNC1CCC(C(N)=O)CC1. The summed E-state index contributed by atoms with van der Waals surface area (Å²) in [6, 6.07) is 0.475. The number of hydrogen-bond donors (Lipinski definition) is 3. The lowest BCUT2D eigenvalue weighted by molar-refractivity contribution is -0.122. The number of nitrogens with two attached hydrogens (primary N) is 1. The van der Waals surface area contributed by atoms with Crippen LogP contribution in [-0.4, -0.2) is 30.2 Å². The molecule has 0 aliphatic heterocycles. The fourth-order valence-electron chi connectivity index (χ4n) is 2.27. The van der Waals surface area contributed by atoms with Gasteiger partial charge in [-0.3, -0.25) is 4.79 Å². The van der Waals surface area contributed by atoms with Crippen LogP contribution in [0, 0.1) is 11.3 Å². The van der Waals surface area contributed by atoms with E-state index in [4.69, 9.17) is 5.73 Å². The van der Waals surface area contributed by atoms with Crippen LogP contribution in [0.2, 0.25) is 0 Å². The first-order valence-corrected chi connectivity index (χ1v) is 6.64. The van der Waals surface area contributed by atoms with Gasteiger partial charge in [-0.1, -0.05) is 13.8 Å². The van der Waals surface area contributed by atoms with E-state index in [1.807, 2.05) is 0 Å². The van der Waals surface area contributed by atoms with Crippen molar-refractivity contribution in [3.05, 3.63) is 0 Å². The lowest BCUT2D eigenvalue weighted by atomic mass is 9.84. The number of primary amides is 1. The van der Waals surface area contributed by atoms with Crippen LogP contribution in [0.3, 0.4) is 0 Å². The maximum Gasteiger partial charge on any atom is 0.220 e. The molecule has 1 aliphatic rings. The van der Waals surface area contributed by atoms with Gasteiger partial charge in [0.15, 0.2) is 0 Å². The summed E-state index contributed by atoms with van der Waals surface area (Å²) in [7, 11) is 0. The molecule has 0 saturated heterocycles. The molecule has 4 heteroatoms. The third-order valence-corrected chi connectivity index (χ3v) is 4.18. The Labute approximate surface area is 104 Å². The first-order valence-electron chi connectivity index (χ1n) is 6.64. The van der Waals surface area contributed by atoms with E-state index in [1.165, 1.54) is 0 Å². The minimum absolute atomic E-state index is 0.0272. The molecule has 1 saturated carbocycles. The van der Waals surface area contributed by atoms with Crippen LogP contribution in [0.25, 0.3) is 0 Å². The highest BCUT2D eigenvalue weighted by molar-refractivity contribution is 5.76. The molecule has 1 atom stereocenters. The second-order valence-electron chi connectivity index (χ2n) is 5.65. The van der Waals surface area contributed by atoms with Crippen molar-refractivity contribution < 1.29 is 9.90 Å². The Bertz CT molecular complexity index is 244. The van der Waals surface area contributed by atoms with Gasteiger partial charge in [-0.05, 0) is 32.1 Å². The zero-order chi connectivity index (χ0) is 12.9. The second kappa shape index (κ2) is 6.36. The Morgan fingerprint density at radius 3 is 2.41 bits per heavy atom. The summed E-state index contributed by atoms with van der Waals surface area (Å²) in [6.45, 7) is 5.25. The molecule has 1 aliphatic carbocycles. The fourth-order valence-corrected chi connectivity index (χ4v) is 2.27. The molecule has 0 heterocycles. The highest BCUT2D eigenvalue weighted by Crippen LogP contribution is 2.25. The van der Waals surface area contributed by atoms with Gasteiger partial charge in [0.25, 0.3) is 0 Å². The Kier molecular flexibility index (Phi) is 5.40. The Morgan fingerprint density at radius 2 is 2.00 bits per heavy atom. The van der Waals surface area contributed by atoms with Crippen molar-refractivity contribution in [1.82, 2.24) is 5.32 Å².